The van der Waals surface area contributed by atoms with Crippen molar-refractivity contribution in [2.24, 2.45) is 0 Å². The summed E-state index contributed by atoms with van der Waals surface area (Å²) >= 11 is 1.58. The van der Waals surface area contributed by atoms with Crippen molar-refractivity contribution < 1.29 is 14.1 Å². The molecule has 1 aliphatic carbocycles. The molecule has 1 atom stereocenters. The lowest BCUT2D eigenvalue weighted by atomic mass is 10.1. The van der Waals surface area contributed by atoms with Crippen LogP contribution in [-0.4, -0.2) is 53.3 Å². The molecule has 11 nitrogen and oxygen atoms in total. The summed E-state index contributed by atoms with van der Waals surface area (Å²) in [6, 6.07) is 15.0. The molecular weight excluding hydrogens is 566 g/mol. The molecule has 5 aromatic rings. The normalized spacial score (nSPS) is 16.8. The topological polar surface area (TPSA) is 129 Å². The maximum absolute atomic E-state index is 12.5. The monoisotopic (exact) mass is 595 g/mol. The molecule has 1 amide bonds. The molecule has 2 aliphatic rings. The van der Waals surface area contributed by atoms with Gasteiger partial charge in [-0.2, -0.15) is 4.98 Å². The fourth-order valence-corrected chi connectivity index (χ4v) is 5.98. The number of carbonyl (C=O) groups excluding carboxylic acids is 1. The molecule has 12 heteroatoms. The van der Waals surface area contributed by atoms with Gasteiger partial charge >= 0.3 is 0 Å². The van der Waals surface area contributed by atoms with Crippen LogP contribution in [0.2, 0.25) is 0 Å². The average Bonchev–Trinajstić information content (AvgIpc) is 3.36. The number of rotatable bonds is 9. The lowest BCUT2D eigenvalue weighted by Gasteiger charge is -2.14. The molecule has 1 saturated carbocycles. The Balaban J connectivity index is 1.16. The summed E-state index contributed by atoms with van der Waals surface area (Å²) in [4.78, 5) is 35.6. The van der Waals surface area contributed by atoms with Gasteiger partial charge in [0.2, 0.25) is 5.91 Å². The van der Waals surface area contributed by atoms with E-state index >= 15 is 0 Å². The van der Waals surface area contributed by atoms with E-state index in [0.717, 1.165) is 34.0 Å². The van der Waals surface area contributed by atoms with Gasteiger partial charge in [0.05, 0.1) is 12.9 Å². The smallest absolute Gasteiger partial charge is 0.258 e. The first-order chi connectivity index (χ1) is 20.9. The van der Waals surface area contributed by atoms with E-state index in [4.69, 9.17) is 9.26 Å². The van der Waals surface area contributed by atoms with Gasteiger partial charge in [-0.1, -0.05) is 36.4 Å². The number of benzene rings is 2. The van der Waals surface area contributed by atoms with Gasteiger partial charge in [-0.05, 0) is 49.2 Å². The Hall–Kier alpha value is -4.71. The number of hydrogen-bond acceptors (Lipinski definition) is 10. The van der Waals surface area contributed by atoms with Crippen LogP contribution in [0, 0.1) is 0 Å². The second-order valence-electron chi connectivity index (χ2n) is 11.2. The quantitative estimate of drug-likeness (QED) is 0.224. The largest absolute Gasteiger partial charge is 0.457 e. The minimum Gasteiger partial charge on any atom is -0.457 e. The van der Waals surface area contributed by atoms with Gasteiger partial charge in [0.25, 0.3) is 11.4 Å². The van der Waals surface area contributed by atoms with Crippen molar-refractivity contribution >= 4 is 17.2 Å². The molecule has 218 valence electrons. The van der Waals surface area contributed by atoms with Crippen molar-refractivity contribution in [1.82, 2.24) is 34.8 Å². The molecule has 0 spiro atoms. The summed E-state index contributed by atoms with van der Waals surface area (Å²) in [6.45, 7) is 5.08. The van der Waals surface area contributed by atoms with E-state index in [0.29, 0.717) is 53.7 Å². The summed E-state index contributed by atoms with van der Waals surface area (Å²) in [5.74, 6) is 2.42. The van der Waals surface area contributed by atoms with Crippen molar-refractivity contribution in [2.45, 2.75) is 57.5 Å². The second-order valence-corrected chi connectivity index (χ2v) is 12.2. The zero-order valence-corrected chi connectivity index (χ0v) is 24.5. The molecule has 4 heterocycles. The number of aromatic nitrogens is 6. The van der Waals surface area contributed by atoms with Crippen LogP contribution in [0.3, 0.4) is 0 Å². The van der Waals surface area contributed by atoms with Crippen LogP contribution < -0.4 is 10.3 Å². The van der Waals surface area contributed by atoms with Gasteiger partial charge in [0.15, 0.2) is 5.82 Å². The second kappa shape index (κ2) is 11.2. The highest BCUT2D eigenvalue weighted by Crippen LogP contribution is 2.37. The zero-order chi connectivity index (χ0) is 29.5. The molecular formula is C31H29N7O4S. The Labute approximate surface area is 251 Å². The third kappa shape index (κ3) is 5.70. The SMILES string of the molecule is CC(C)c1nnc(-c2ccc(Oc3cc(-c4nc(C5CC(=O)N(C6CC6)C5)no4)ccc3Cn3cnccc3=O)cc2)s1. The summed E-state index contributed by atoms with van der Waals surface area (Å²) in [7, 11) is 0. The first kappa shape index (κ1) is 27.1. The highest BCUT2D eigenvalue weighted by atomic mass is 32.1. The Morgan fingerprint density at radius 3 is 2.60 bits per heavy atom. The van der Waals surface area contributed by atoms with Crippen LogP contribution in [0.5, 0.6) is 11.5 Å². The van der Waals surface area contributed by atoms with Gasteiger partial charge in [-0.25, -0.2) is 4.98 Å². The fourth-order valence-electron chi connectivity index (χ4n) is 5.13. The number of ether oxygens (including phenoxy) is 1. The van der Waals surface area contributed by atoms with Gasteiger partial charge in [-0.15, -0.1) is 10.2 Å². The minimum atomic E-state index is -0.167. The Bertz CT molecular complexity index is 1840. The summed E-state index contributed by atoms with van der Waals surface area (Å²) < 4.78 is 13.5. The number of amides is 1. The molecule has 7 rings (SSSR count). The molecule has 2 fully saturated rings. The van der Waals surface area contributed by atoms with Crippen LogP contribution in [0.4, 0.5) is 0 Å². The van der Waals surface area contributed by atoms with E-state index in [9.17, 15) is 9.59 Å². The molecule has 2 aromatic carbocycles. The third-order valence-electron chi connectivity index (χ3n) is 7.66. The molecule has 1 aliphatic heterocycles. The van der Waals surface area contributed by atoms with E-state index in [2.05, 4.69) is 39.2 Å². The van der Waals surface area contributed by atoms with E-state index in [1.54, 1.807) is 11.3 Å². The zero-order valence-electron chi connectivity index (χ0n) is 23.7. The number of carbonyl (C=O) groups is 1. The Kier molecular flexibility index (Phi) is 7.05. The lowest BCUT2D eigenvalue weighted by molar-refractivity contribution is -0.128. The molecule has 0 radical (unpaired) electrons. The van der Waals surface area contributed by atoms with Crippen LogP contribution in [0.15, 0.2) is 70.4 Å². The van der Waals surface area contributed by atoms with E-state index in [-0.39, 0.29) is 23.9 Å². The molecule has 0 bridgehead atoms. The van der Waals surface area contributed by atoms with Crippen LogP contribution >= 0.6 is 11.3 Å². The number of hydrogen-bond donors (Lipinski definition) is 0. The highest BCUT2D eigenvalue weighted by molar-refractivity contribution is 7.14. The van der Waals surface area contributed by atoms with Gasteiger partial charge < -0.3 is 14.2 Å². The van der Waals surface area contributed by atoms with Gasteiger partial charge in [0, 0.05) is 59.8 Å². The Morgan fingerprint density at radius 1 is 1.05 bits per heavy atom. The predicted octanol–water partition coefficient (Wildman–Crippen LogP) is 5.25. The lowest BCUT2D eigenvalue weighted by Crippen LogP contribution is -2.27. The number of likely N-dealkylation sites (tertiary alicyclic amines) is 1. The van der Waals surface area contributed by atoms with Crippen molar-refractivity contribution in [3.05, 3.63) is 87.8 Å². The summed E-state index contributed by atoms with van der Waals surface area (Å²) in [5.41, 5.74) is 2.23. The van der Waals surface area contributed by atoms with Crippen molar-refractivity contribution in [3.63, 3.8) is 0 Å². The third-order valence-corrected chi connectivity index (χ3v) is 8.94. The first-order valence-corrected chi connectivity index (χ1v) is 15.1. The maximum Gasteiger partial charge on any atom is 0.258 e. The average molecular weight is 596 g/mol. The van der Waals surface area contributed by atoms with Crippen molar-refractivity contribution in [2.75, 3.05) is 6.54 Å². The molecule has 0 N–H and O–H groups in total. The van der Waals surface area contributed by atoms with Crippen LogP contribution in [0.1, 0.15) is 61.3 Å². The van der Waals surface area contributed by atoms with Crippen molar-refractivity contribution in [3.8, 4) is 33.5 Å². The number of nitrogens with zero attached hydrogens (tertiary/aromatic N) is 7. The highest BCUT2D eigenvalue weighted by Gasteiger charge is 2.41. The van der Waals surface area contributed by atoms with Gasteiger partial charge in [-0.3, -0.25) is 14.2 Å². The molecule has 1 saturated heterocycles. The van der Waals surface area contributed by atoms with E-state index in [1.165, 1.54) is 23.2 Å². The van der Waals surface area contributed by atoms with Gasteiger partial charge in [0.1, 0.15) is 21.5 Å². The van der Waals surface area contributed by atoms with E-state index < -0.39 is 0 Å². The van der Waals surface area contributed by atoms with Crippen LogP contribution in [-0.2, 0) is 11.3 Å². The summed E-state index contributed by atoms with van der Waals surface area (Å²) in [6.07, 6.45) is 5.51. The molecule has 43 heavy (non-hydrogen) atoms. The fraction of sp³-hybridized carbons (Fsp3) is 0.323. The standard InChI is InChI=1S/C31H29N7O4S/c1-18(2)30-34-35-31(43-30)19-5-9-24(10-6-19)41-25-13-20(3-4-21(25)15-37-17-32-12-11-26(37)39)29-33-28(36-42-29)22-14-27(40)38(16-22)23-7-8-23/h3-6,9-13,17-18,22-23H,7-8,14-16H2,1-2H3. The summed E-state index contributed by atoms with van der Waals surface area (Å²) in [5, 5.41) is 14.7. The maximum atomic E-state index is 12.5. The Morgan fingerprint density at radius 2 is 1.86 bits per heavy atom. The molecule has 1 unspecified atom stereocenters. The molecule has 3 aromatic heterocycles. The van der Waals surface area contributed by atoms with E-state index in [1.807, 2.05) is 47.4 Å². The van der Waals surface area contributed by atoms with Crippen LogP contribution in [0.25, 0.3) is 22.0 Å². The first-order valence-electron chi connectivity index (χ1n) is 14.3. The minimum absolute atomic E-state index is 0.0822. The predicted molar refractivity (Wildman–Crippen MR) is 159 cm³/mol. The van der Waals surface area contributed by atoms with Crippen molar-refractivity contribution in [1.29, 1.82) is 0 Å².